The molecule has 1 heterocycles. The molecule has 134 valence electrons. The Morgan fingerprint density at radius 2 is 1.54 bits per heavy atom. The van der Waals surface area contributed by atoms with Gasteiger partial charge in [-0.1, -0.05) is 66.2 Å². The minimum atomic E-state index is -0.000606. The maximum absolute atomic E-state index is 12.2. The van der Waals surface area contributed by atoms with Crippen LogP contribution in [0.2, 0.25) is 0 Å². The van der Waals surface area contributed by atoms with Gasteiger partial charge in [0.05, 0.1) is 0 Å². The number of para-hydroxylation sites is 1. The average Bonchev–Trinajstić information content (AvgIpc) is 2.67. The quantitative estimate of drug-likeness (QED) is 0.778. The molecule has 0 atom stereocenters. The summed E-state index contributed by atoms with van der Waals surface area (Å²) in [5, 5.41) is 0. The Labute approximate surface area is 147 Å². The predicted molar refractivity (Wildman–Crippen MR) is 99.5 cm³/mol. The minimum Gasteiger partial charge on any atom is -0.472 e. The molecule has 3 heteroatoms. The van der Waals surface area contributed by atoms with Crippen LogP contribution < -0.4 is 4.74 Å². The predicted octanol–water partition coefficient (Wildman–Crippen LogP) is 5.02. The zero-order chi connectivity index (χ0) is 18.0. The van der Waals surface area contributed by atoms with Crippen molar-refractivity contribution in [1.82, 2.24) is 4.90 Å². The summed E-state index contributed by atoms with van der Waals surface area (Å²) >= 11 is 0. The third-order valence-corrected chi connectivity index (χ3v) is 4.67. The van der Waals surface area contributed by atoms with Gasteiger partial charge in [-0.3, -0.25) is 4.79 Å². The lowest BCUT2D eigenvalue weighted by molar-refractivity contribution is -0.133. The molecule has 1 aliphatic heterocycles. The fraction of sp³-hybridized carbons (Fsp3) is 0.667. The van der Waals surface area contributed by atoms with Crippen molar-refractivity contribution in [3.8, 4) is 5.75 Å². The van der Waals surface area contributed by atoms with Gasteiger partial charge in [-0.25, -0.2) is 0 Å². The molecule has 3 nitrogen and oxygen atoms in total. The normalized spacial score (nSPS) is 16.9. The summed E-state index contributed by atoms with van der Waals surface area (Å²) in [6.07, 6.45) is 3.85. The van der Waals surface area contributed by atoms with E-state index in [9.17, 15) is 4.79 Å². The Morgan fingerprint density at radius 3 is 2.08 bits per heavy atom. The van der Waals surface area contributed by atoms with Crippen LogP contribution in [0.3, 0.4) is 0 Å². The molecule has 0 unspecified atom stereocenters. The SMILES string of the molecule is CC(C)(C)c1cccc(C(C)(C)C)c1OCN1CCCCCC1=O. The molecule has 0 radical (unpaired) electrons. The van der Waals surface area contributed by atoms with Gasteiger partial charge in [-0.2, -0.15) is 0 Å². The monoisotopic (exact) mass is 331 g/mol. The molecule has 1 fully saturated rings. The first kappa shape index (κ1) is 18.8. The number of carbonyl (C=O) groups excluding carboxylic acids is 1. The third-order valence-electron chi connectivity index (χ3n) is 4.67. The van der Waals surface area contributed by atoms with E-state index in [1.54, 1.807) is 0 Å². The molecule has 0 spiro atoms. The van der Waals surface area contributed by atoms with Gasteiger partial charge in [-0.15, -0.1) is 0 Å². The van der Waals surface area contributed by atoms with Gasteiger partial charge in [0.2, 0.25) is 5.91 Å². The summed E-state index contributed by atoms with van der Waals surface area (Å²) in [5.74, 6) is 1.17. The van der Waals surface area contributed by atoms with E-state index in [1.165, 1.54) is 11.1 Å². The maximum atomic E-state index is 12.2. The van der Waals surface area contributed by atoms with E-state index in [-0.39, 0.29) is 16.7 Å². The van der Waals surface area contributed by atoms with Gasteiger partial charge in [-0.05, 0) is 34.8 Å². The number of likely N-dealkylation sites (tertiary alicyclic amines) is 1. The summed E-state index contributed by atoms with van der Waals surface area (Å²) in [6.45, 7) is 14.4. The molecule has 2 rings (SSSR count). The highest BCUT2D eigenvalue weighted by Crippen LogP contribution is 2.39. The maximum Gasteiger partial charge on any atom is 0.225 e. The van der Waals surface area contributed by atoms with Crippen LogP contribution in [0.1, 0.15) is 78.4 Å². The zero-order valence-electron chi connectivity index (χ0n) is 16.2. The number of benzene rings is 1. The molecule has 0 bridgehead atoms. The van der Waals surface area contributed by atoms with E-state index >= 15 is 0 Å². The number of hydrogen-bond donors (Lipinski definition) is 0. The van der Waals surface area contributed by atoms with Crippen LogP contribution in [0, 0.1) is 0 Å². The average molecular weight is 332 g/mol. The first-order valence-electron chi connectivity index (χ1n) is 9.15. The lowest BCUT2D eigenvalue weighted by Crippen LogP contribution is -2.34. The fourth-order valence-electron chi connectivity index (χ4n) is 3.19. The van der Waals surface area contributed by atoms with Gasteiger partial charge >= 0.3 is 0 Å². The molecule has 0 aromatic heterocycles. The van der Waals surface area contributed by atoms with E-state index < -0.39 is 0 Å². The summed E-state index contributed by atoms with van der Waals surface area (Å²) in [5.41, 5.74) is 2.41. The fourth-order valence-corrected chi connectivity index (χ4v) is 3.19. The summed E-state index contributed by atoms with van der Waals surface area (Å²) < 4.78 is 6.29. The first-order chi connectivity index (χ1) is 11.1. The summed E-state index contributed by atoms with van der Waals surface area (Å²) in [7, 11) is 0. The lowest BCUT2D eigenvalue weighted by Gasteiger charge is -2.31. The lowest BCUT2D eigenvalue weighted by atomic mass is 9.79. The van der Waals surface area contributed by atoms with Crippen LogP contribution in [0.25, 0.3) is 0 Å². The van der Waals surface area contributed by atoms with Crippen molar-refractivity contribution < 1.29 is 9.53 Å². The summed E-state index contributed by atoms with van der Waals surface area (Å²) in [6, 6.07) is 6.41. The molecule has 1 saturated heterocycles. The zero-order valence-corrected chi connectivity index (χ0v) is 16.2. The molecule has 1 aliphatic rings. The second-order valence-corrected chi connectivity index (χ2v) is 8.92. The van der Waals surface area contributed by atoms with Crippen molar-refractivity contribution in [3.05, 3.63) is 29.3 Å². The van der Waals surface area contributed by atoms with E-state index in [1.807, 2.05) is 4.90 Å². The van der Waals surface area contributed by atoms with Crippen LogP contribution in [-0.2, 0) is 15.6 Å². The Balaban J connectivity index is 2.31. The van der Waals surface area contributed by atoms with Crippen LogP contribution in [-0.4, -0.2) is 24.1 Å². The van der Waals surface area contributed by atoms with Crippen LogP contribution in [0.4, 0.5) is 0 Å². The van der Waals surface area contributed by atoms with Gasteiger partial charge in [0.15, 0.2) is 6.73 Å². The number of amides is 1. The van der Waals surface area contributed by atoms with E-state index in [2.05, 4.69) is 59.7 Å². The Bertz CT molecular complexity index is 546. The highest BCUT2D eigenvalue weighted by atomic mass is 16.5. The highest BCUT2D eigenvalue weighted by molar-refractivity contribution is 5.76. The van der Waals surface area contributed by atoms with Crippen molar-refractivity contribution in [1.29, 1.82) is 0 Å². The highest BCUT2D eigenvalue weighted by Gasteiger charge is 2.27. The second kappa shape index (κ2) is 7.16. The molecule has 1 aromatic rings. The van der Waals surface area contributed by atoms with Crippen LogP contribution >= 0.6 is 0 Å². The Kier molecular flexibility index (Phi) is 5.62. The molecule has 0 aliphatic carbocycles. The smallest absolute Gasteiger partial charge is 0.225 e. The topological polar surface area (TPSA) is 29.5 Å². The largest absolute Gasteiger partial charge is 0.472 e. The molecule has 0 N–H and O–H groups in total. The minimum absolute atomic E-state index is 0.000606. The van der Waals surface area contributed by atoms with Crippen molar-refractivity contribution in [3.63, 3.8) is 0 Å². The number of hydrogen-bond acceptors (Lipinski definition) is 2. The van der Waals surface area contributed by atoms with Gasteiger partial charge in [0.1, 0.15) is 5.75 Å². The molecule has 24 heavy (non-hydrogen) atoms. The van der Waals surface area contributed by atoms with Gasteiger partial charge < -0.3 is 9.64 Å². The van der Waals surface area contributed by atoms with Gasteiger partial charge in [0.25, 0.3) is 0 Å². The number of rotatable bonds is 3. The van der Waals surface area contributed by atoms with Crippen molar-refractivity contribution in [2.75, 3.05) is 13.3 Å². The van der Waals surface area contributed by atoms with Crippen LogP contribution in [0.15, 0.2) is 18.2 Å². The molecular formula is C21H33NO2. The van der Waals surface area contributed by atoms with Crippen molar-refractivity contribution in [2.24, 2.45) is 0 Å². The first-order valence-corrected chi connectivity index (χ1v) is 9.15. The second-order valence-electron chi connectivity index (χ2n) is 8.92. The Morgan fingerprint density at radius 1 is 0.958 bits per heavy atom. The molecule has 1 aromatic carbocycles. The van der Waals surface area contributed by atoms with Crippen molar-refractivity contribution >= 4 is 5.91 Å². The Hall–Kier alpha value is -1.51. The van der Waals surface area contributed by atoms with Crippen molar-refractivity contribution in [2.45, 2.75) is 78.1 Å². The standard InChI is InChI=1S/C21H33NO2/c1-20(2,3)16-11-10-12-17(21(4,5)6)19(16)24-15-22-14-9-7-8-13-18(22)23/h10-12H,7-9,13-15H2,1-6H3. The van der Waals surface area contributed by atoms with Gasteiger partial charge in [0, 0.05) is 13.0 Å². The van der Waals surface area contributed by atoms with E-state index in [0.717, 1.165) is 31.6 Å². The molecular weight excluding hydrogens is 298 g/mol. The number of ether oxygens (including phenoxy) is 1. The third kappa shape index (κ3) is 4.52. The number of nitrogens with zero attached hydrogens (tertiary/aromatic N) is 1. The number of carbonyl (C=O) groups is 1. The molecule has 0 saturated carbocycles. The van der Waals surface area contributed by atoms with Crippen LogP contribution in [0.5, 0.6) is 5.75 Å². The van der Waals surface area contributed by atoms with E-state index in [0.29, 0.717) is 13.2 Å². The van der Waals surface area contributed by atoms with E-state index in [4.69, 9.17) is 4.74 Å². The summed E-state index contributed by atoms with van der Waals surface area (Å²) in [4.78, 5) is 14.1. The molecule has 1 amide bonds.